The zero-order valence-electron chi connectivity index (χ0n) is 10.9. The summed E-state index contributed by atoms with van der Waals surface area (Å²) in [6.45, 7) is 0. The van der Waals surface area contributed by atoms with Crippen LogP contribution in [0.15, 0.2) is 42.6 Å². The zero-order chi connectivity index (χ0) is 15.5. The molecule has 1 heterocycles. The lowest BCUT2D eigenvalue weighted by molar-refractivity contribution is -0.137. The summed E-state index contributed by atoms with van der Waals surface area (Å²) in [5.41, 5.74) is 1.88. The molecule has 1 unspecified atom stereocenters. The molecule has 2 rings (SSSR count). The summed E-state index contributed by atoms with van der Waals surface area (Å²) in [5, 5.41) is 0. The molecule has 3 N–H and O–H groups in total. The lowest BCUT2D eigenvalue weighted by Crippen LogP contribution is -2.30. The Hall–Kier alpha value is -1.99. The summed E-state index contributed by atoms with van der Waals surface area (Å²) in [5.74, 6) is 4.61. The number of halogens is 4. The molecule has 0 bridgehead atoms. The van der Waals surface area contributed by atoms with Crippen LogP contribution < -0.4 is 11.3 Å². The monoisotopic (exact) mass is 299 g/mol. The van der Waals surface area contributed by atoms with Crippen LogP contribution in [-0.2, 0) is 12.6 Å². The summed E-state index contributed by atoms with van der Waals surface area (Å²) < 4.78 is 51.9. The molecule has 1 aromatic carbocycles. The summed E-state index contributed by atoms with van der Waals surface area (Å²) in [7, 11) is 0. The van der Waals surface area contributed by atoms with E-state index in [0.29, 0.717) is 11.8 Å². The number of nitrogens with zero attached hydrogens (tertiary/aromatic N) is 1. The van der Waals surface area contributed by atoms with Gasteiger partial charge in [-0.05, 0) is 30.3 Å². The van der Waals surface area contributed by atoms with Crippen LogP contribution in [0.25, 0.3) is 0 Å². The fourth-order valence-electron chi connectivity index (χ4n) is 1.97. The normalized spacial score (nSPS) is 13.2. The second-order valence-corrected chi connectivity index (χ2v) is 4.48. The Balaban J connectivity index is 2.33. The van der Waals surface area contributed by atoms with Crippen LogP contribution in [0.4, 0.5) is 17.6 Å². The molecule has 1 atom stereocenters. The zero-order valence-corrected chi connectivity index (χ0v) is 10.9. The van der Waals surface area contributed by atoms with E-state index in [9.17, 15) is 17.6 Å². The van der Waals surface area contributed by atoms with Crippen LogP contribution in [0.2, 0.25) is 0 Å². The van der Waals surface area contributed by atoms with Crippen molar-refractivity contribution in [3.63, 3.8) is 0 Å². The fourth-order valence-corrected chi connectivity index (χ4v) is 1.97. The van der Waals surface area contributed by atoms with Gasteiger partial charge >= 0.3 is 6.18 Å². The van der Waals surface area contributed by atoms with Crippen molar-refractivity contribution in [2.24, 2.45) is 5.84 Å². The van der Waals surface area contributed by atoms with Crippen molar-refractivity contribution in [1.29, 1.82) is 0 Å². The summed E-state index contributed by atoms with van der Waals surface area (Å²) in [6, 6.07) is 6.59. The number of hydrogen-bond donors (Lipinski definition) is 2. The van der Waals surface area contributed by atoms with Gasteiger partial charge in [0.1, 0.15) is 5.82 Å². The Labute approximate surface area is 118 Å². The molecule has 0 aliphatic heterocycles. The van der Waals surface area contributed by atoms with Crippen molar-refractivity contribution >= 4 is 0 Å². The van der Waals surface area contributed by atoms with Gasteiger partial charge in [0, 0.05) is 23.9 Å². The lowest BCUT2D eigenvalue weighted by atomic mass is 9.99. The third-order valence-electron chi connectivity index (χ3n) is 3.04. The van der Waals surface area contributed by atoms with Crippen molar-refractivity contribution in [1.82, 2.24) is 10.4 Å². The third-order valence-corrected chi connectivity index (χ3v) is 3.04. The first-order chi connectivity index (χ1) is 9.91. The highest BCUT2D eigenvalue weighted by Crippen LogP contribution is 2.32. The van der Waals surface area contributed by atoms with Gasteiger partial charge in [-0.3, -0.25) is 16.3 Å². The minimum Gasteiger partial charge on any atom is -0.271 e. The molecule has 0 saturated heterocycles. The number of aromatic nitrogens is 1. The molecular weight excluding hydrogens is 286 g/mol. The SMILES string of the molecule is NNC(Cc1ccccn1)c1cc(C(F)(F)F)ccc1F. The molecule has 112 valence electrons. The molecule has 0 radical (unpaired) electrons. The molecule has 0 fully saturated rings. The minimum absolute atomic E-state index is 0.141. The highest BCUT2D eigenvalue weighted by molar-refractivity contribution is 5.30. The van der Waals surface area contributed by atoms with Crippen molar-refractivity contribution < 1.29 is 17.6 Å². The fraction of sp³-hybridized carbons (Fsp3) is 0.214. The third kappa shape index (κ3) is 3.77. The first kappa shape index (κ1) is 15.4. The van der Waals surface area contributed by atoms with E-state index in [0.717, 1.165) is 12.1 Å². The first-order valence-electron chi connectivity index (χ1n) is 6.14. The Morgan fingerprint density at radius 3 is 2.52 bits per heavy atom. The maximum absolute atomic E-state index is 13.8. The molecular formula is C14H13F4N3. The second kappa shape index (κ2) is 6.19. The van der Waals surface area contributed by atoms with Gasteiger partial charge in [0.05, 0.1) is 11.6 Å². The smallest absolute Gasteiger partial charge is 0.271 e. The predicted octanol–water partition coefficient (Wildman–Crippen LogP) is 2.99. The van der Waals surface area contributed by atoms with Gasteiger partial charge in [-0.15, -0.1) is 0 Å². The van der Waals surface area contributed by atoms with Gasteiger partial charge in [-0.25, -0.2) is 4.39 Å². The second-order valence-electron chi connectivity index (χ2n) is 4.48. The summed E-state index contributed by atoms with van der Waals surface area (Å²) >= 11 is 0. The summed E-state index contributed by atoms with van der Waals surface area (Å²) in [4.78, 5) is 4.05. The maximum Gasteiger partial charge on any atom is 0.416 e. The lowest BCUT2D eigenvalue weighted by Gasteiger charge is -2.18. The molecule has 3 nitrogen and oxygen atoms in total. The van der Waals surface area contributed by atoms with Crippen LogP contribution in [0.1, 0.15) is 22.9 Å². The average molecular weight is 299 g/mol. The van der Waals surface area contributed by atoms with Crippen LogP contribution >= 0.6 is 0 Å². The molecule has 0 amide bonds. The Morgan fingerprint density at radius 2 is 1.95 bits per heavy atom. The quantitative estimate of drug-likeness (QED) is 0.518. The Morgan fingerprint density at radius 1 is 1.19 bits per heavy atom. The van der Waals surface area contributed by atoms with E-state index in [1.165, 1.54) is 0 Å². The van der Waals surface area contributed by atoms with E-state index in [-0.39, 0.29) is 12.0 Å². The standard InChI is InChI=1S/C14H13F4N3/c15-12-5-4-9(14(16,17)18)7-11(12)13(21-19)8-10-3-1-2-6-20-10/h1-7,13,21H,8,19H2. The Bertz CT molecular complexity index is 599. The van der Waals surface area contributed by atoms with E-state index in [1.807, 2.05) is 0 Å². The number of nitrogens with one attached hydrogen (secondary N) is 1. The number of rotatable bonds is 4. The topological polar surface area (TPSA) is 50.9 Å². The highest BCUT2D eigenvalue weighted by atomic mass is 19.4. The number of hydrazine groups is 1. The number of alkyl halides is 3. The summed E-state index contributed by atoms with van der Waals surface area (Å²) in [6.07, 6.45) is -2.81. The number of benzene rings is 1. The van der Waals surface area contributed by atoms with E-state index in [1.54, 1.807) is 24.4 Å². The van der Waals surface area contributed by atoms with E-state index in [2.05, 4.69) is 10.4 Å². The molecule has 7 heteroatoms. The molecule has 0 saturated carbocycles. The molecule has 21 heavy (non-hydrogen) atoms. The van der Waals surface area contributed by atoms with Crippen LogP contribution in [0.5, 0.6) is 0 Å². The number of hydrogen-bond acceptors (Lipinski definition) is 3. The van der Waals surface area contributed by atoms with Crippen LogP contribution in [-0.4, -0.2) is 4.98 Å². The molecule has 0 aliphatic carbocycles. The number of pyridine rings is 1. The van der Waals surface area contributed by atoms with Crippen LogP contribution in [0, 0.1) is 5.82 Å². The van der Waals surface area contributed by atoms with Gasteiger partial charge in [-0.1, -0.05) is 6.07 Å². The van der Waals surface area contributed by atoms with Crippen molar-refractivity contribution in [3.8, 4) is 0 Å². The first-order valence-corrected chi connectivity index (χ1v) is 6.14. The molecule has 2 aromatic rings. The average Bonchev–Trinajstić information content (AvgIpc) is 2.45. The molecule has 0 aliphatic rings. The van der Waals surface area contributed by atoms with Crippen LogP contribution in [0.3, 0.4) is 0 Å². The van der Waals surface area contributed by atoms with Crippen molar-refractivity contribution in [3.05, 3.63) is 65.2 Å². The largest absolute Gasteiger partial charge is 0.416 e. The van der Waals surface area contributed by atoms with E-state index in [4.69, 9.17) is 5.84 Å². The van der Waals surface area contributed by atoms with Gasteiger partial charge in [0.15, 0.2) is 0 Å². The van der Waals surface area contributed by atoms with Crippen molar-refractivity contribution in [2.45, 2.75) is 18.6 Å². The van der Waals surface area contributed by atoms with Gasteiger partial charge in [0.25, 0.3) is 0 Å². The van der Waals surface area contributed by atoms with Crippen molar-refractivity contribution in [2.75, 3.05) is 0 Å². The highest BCUT2D eigenvalue weighted by Gasteiger charge is 2.32. The van der Waals surface area contributed by atoms with Gasteiger partial charge in [0.2, 0.25) is 0 Å². The number of nitrogens with two attached hydrogens (primary N) is 1. The van der Waals surface area contributed by atoms with Gasteiger partial charge < -0.3 is 0 Å². The Kier molecular flexibility index (Phi) is 4.54. The van der Waals surface area contributed by atoms with Gasteiger partial charge in [-0.2, -0.15) is 13.2 Å². The van der Waals surface area contributed by atoms with E-state index >= 15 is 0 Å². The minimum atomic E-state index is -4.54. The maximum atomic E-state index is 13.8. The molecule has 1 aromatic heterocycles. The van der Waals surface area contributed by atoms with E-state index < -0.39 is 23.6 Å². The molecule has 0 spiro atoms. The predicted molar refractivity (Wildman–Crippen MR) is 69.4 cm³/mol.